The van der Waals surface area contributed by atoms with Gasteiger partial charge in [-0.05, 0) is 99.2 Å². The van der Waals surface area contributed by atoms with Gasteiger partial charge >= 0.3 is 0 Å². The zero-order valence-electron chi connectivity index (χ0n) is 19.6. The Balaban J connectivity index is 1.56. The van der Waals surface area contributed by atoms with Crippen LogP contribution in [0, 0.1) is 52.3 Å². The maximum absolute atomic E-state index is 11.3. The van der Waals surface area contributed by atoms with Gasteiger partial charge in [-0.3, -0.25) is 0 Å². The lowest BCUT2D eigenvalue weighted by Gasteiger charge is -2.59. The van der Waals surface area contributed by atoms with Crippen LogP contribution in [0.2, 0.25) is 0 Å². The van der Waals surface area contributed by atoms with Crippen LogP contribution >= 0.6 is 0 Å². The quantitative estimate of drug-likeness (QED) is 0.453. The van der Waals surface area contributed by atoms with Crippen molar-refractivity contribution in [3.05, 3.63) is 11.6 Å². The van der Waals surface area contributed by atoms with Gasteiger partial charge in [0.25, 0.3) is 0 Å². The lowest BCUT2D eigenvalue weighted by atomic mass is 9.46. The third kappa shape index (κ3) is 3.68. The Morgan fingerprint density at radius 2 is 1.83 bits per heavy atom. The van der Waals surface area contributed by atoms with Crippen molar-refractivity contribution in [2.24, 2.45) is 40.4 Å². The van der Waals surface area contributed by atoms with Gasteiger partial charge in [0.1, 0.15) is 5.60 Å². The molecule has 0 heterocycles. The first-order chi connectivity index (χ1) is 14.0. The third-order valence-corrected chi connectivity index (χ3v) is 9.68. The van der Waals surface area contributed by atoms with Crippen LogP contribution in [0.5, 0.6) is 0 Å². The molecule has 3 N–H and O–H groups in total. The second-order valence-corrected chi connectivity index (χ2v) is 12.1. The topological polar surface area (TPSA) is 60.7 Å². The van der Waals surface area contributed by atoms with E-state index in [2.05, 4.69) is 38.7 Å². The number of rotatable bonds is 2. The normalized spacial score (nSPS) is 46.6. The highest BCUT2D eigenvalue weighted by atomic mass is 16.3. The molecule has 4 aliphatic rings. The van der Waals surface area contributed by atoms with Gasteiger partial charge < -0.3 is 15.3 Å². The fourth-order valence-electron chi connectivity index (χ4n) is 8.18. The van der Waals surface area contributed by atoms with Gasteiger partial charge in [-0.15, -0.1) is 5.92 Å². The van der Waals surface area contributed by atoms with E-state index in [0.717, 1.165) is 25.7 Å². The van der Waals surface area contributed by atoms with E-state index in [1.165, 1.54) is 31.3 Å². The molecule has 0 unspecified atom stereocenters. The Bertz CT molecular complexity index is 752. The largest absolute Gasteiger partial charge is 0.393 e. The number of fused-ring (bicyclic) bond motifs is 5. The summed E-state index contributed by atoms with van der Waals surface area (Å²) >= 11 is 0. The molecule has 0 aromatic heterocycles. The average molecular weight is 415 g/mol. The second kappa shape index (κ2) is 7.65. The Hall–Kier alpha value is -0.820. The van der Waals surface area contributed by atoms with Crippen LogP contribution in [0.25, 0.3) is 0 Å². The first kappa shape index (κ1) is 22.4. The third-order valence-electron chi connectivity index (χ3n) is 9.68. The standard InChI is InChI=1S/C27H42O3/c1-17(7-6-12-25(2,3)30)20-8-9-21-24-22(11-14-27(20,21)5)26(4)13-10-19(28)15-18(26)16-23(24)29/h16-17,19-24,28-30H,7-11,13-15H2,1-5H3/t17-,19+,20-,21+,22+,23-,24+,26+,27-/m1/s1. The summed E-state index contributed by atoms with van der Waals surface area (Å²) in [6.45, 7) is 10.7. The van der Waals surface area contributed by atoms with Gasteiger partial charge in [-0.25, -0.2) is 0 Å². The van der Waals surface area contributed by atoms with Crippen LogP contribution in [0.4, 0.5) is 0 Å². The monoisotopic (exact) mass is 414 g/mol. The first-order valence-corrected chi connectivity index (χ1v) is 12.3. The Labute approximate surface area is 183 Å². The van der Waals surface area contributed by atoms with Crippen LogP contribution in [0.3, 0.4) is 0 Å². The number of hydrogen-bond acceptors (Lipinski definition) is 3. The Morgan fingerprint density at radius 1 is 1.10 bits per heavy atom. The summed E-state index contributed by atoms with van der Waals surface area (Å²) in [6, 6.07) is 0. The van der Waals surface area contributed by atoms with Crippen LogP contribution in [-0.2, 0) is 0 Å². The van der Waals surface area contributed by atoms with Crippen LogP contribution in [0.15, 0.2) is 11.6 Å². The van der Waals surface area contributed by atoms with Crippen molar-refractivity contribution in [2.45, 2.75) is 104 Å². The highest BCUT2D eigenvalue weighted by Crippen LogP contribution is 2.67. The predicted molar refractivity (Wildman–Crippen MR) is 120 cm³/mol. The molecule has 3 fully saturated rings. The molecule has 4 aliphatic carbocycles. The summed E-state index contributed by atoms with van der Waals surface area (Å²) < 4.78 is 0. The maximum atomic E-state index is 11.3. The van der Waals surface area contributed by atoms with E-state index in [9.17, 15) is 15.3 Å². The number of aliphatic hydroxyl groups is 3. The van der Waals surface area contributed by atoms with Gasteiger partial charge in [0.05, 0.1) is 12.2 Å². The molecule has 0 aromatic carbocycles. The van der Waals surface area contributed by atoms with Gasteiger partial charge in [0.15, 0.2) is 0 Å². The van der Waals surface area contributed by atoms with Gasteiger partial charge in [-0.2, -0.15) is 0 Å². The lowest BCUT2D eigenvalue weighted by molar-refractivity contribution is -0.0965. The van der Waals surface area contributed by atoms with Crippen molar-refractivity contribution >= 4 is 0 Å². The fraction of sp³-hybridized carbons (Fsp3) is 0.852. The van der Waals surface area contributed by atoms with Crippen LogP contribution < -0.4 is 0 Å². The summed E-state index contributed by atoms with van der Waals surface area (Å²) in [5, 5.41) is 31.4. The van der Waals surface area contributed by atoms with Gasteiger partial charge in [0.2, 0.25) is 0 Å². The van der Waals surface area contributed by atoms with Crippen molar-refractivity contribution in [1.82, 2.24) is 0 Å². The molecule has 9 atom stereocenters. The molecule has 3 nitrogen and oxygen atoms in total. The van der Waals surface area contributed by atoms with Crippen LogP contribution in [-0.4, -0.2) is 33.1 Å². The first-order valence-electron chi connectivity index (χ1n) is 12.3. The highest BCUT2D eigenvalue weighted by molar-refractivity contribution is 5.28. The summed E-state index contributed by atoms with van der Waals surface area (Å²) in [5.41, 5.74) is 0.836. The minimum absolute atomic E-state index is 0.159. The maximum Gasteiger partial charge on any atom is 0.119 e. The molecular weight excluding hydrogens is 372 g/mol. The molecule has 0 aliphatic heterocycles. The summed E-state index contributed by atoms with van der Waals surface area (Å²) in [6.07, 6.45) is 9.96. The summed E-state index contributed by atoms with van der Waals surface area (Å²) in [7, 11) is 0. The second-order valence-electron chi connectivity index (χ2n) is 12.1. The van der Waals surface area contributed by atoms with Crippen molar-refractivity contribution in [2.75, 3.05) is 0 Å². The van der Waals surface area contributed by atoms with Crippen molar-refractivity contribution in [3.8, 4) is 11.8 Å². The fourth-order valence-corrected chi connectivity index (χ4v) is 8.18. The molecule has 3 saturated carbocycles. The van der Waals surface area contributed by atoms with Gasteiger partial charge in [-0.1, -0.05) is 38.3 Å². The Kier molecular flexibility index (Phi) is 5.70. The van der Waals surface area contributed by atoms with E-state index in [1.54, 1.807) is 13.8 Å². The highest BCUT2D eigenvalue weighted by Gasteiger charge is 2.61. The van der Waals surface area contributed by atoms with Gasteiger partial charge in [0, 0.05) is 6.42 Å². The molecule has 0 amide bonds. The smallest absolute Gasteiger partial charge is 0.119 e. The molecule has 0 aromatic rings. The molecule has 30 heavy (non-hydrogen) atoms. The zero-order chi connectivity index (χ0) is 21.9. The van der Waals surface area contributed by atoms with Crippen molar-refractivity contribution in [3.63, 3.8) is 0 Å². The molecule has 3 heteroatoms. The van der Waals surface area contributed by atoms with Crippen molar-refractivity contribution < 1.29 is 15.3 Å². The van der Waals surface area contributed by atoms with Crippen LogP contribution in [0.1, 0.15) is 86.0 Å². The average Bonchev–Trinajstić information content (AvgIpc) is 2.99. The van der Waals surface area contributed by atoms with Crippen molar-refractivity contribution in [1.29, 1.82) is 0 Å². The van der Waals surface area contributed by atoms with E-state index in [0.29, 0.717) is 29.6 Å². The Morgan fingerprint density at radius 3 is 2.53 bits per heavy atom. The molecule has 0 spiro atoms. The summed E-state index contributed by atoms with van der Waals surface area (Å²) in [5.74, 6) is 8.85. The minimum atomic E-state index is -0.918. The lowest BCUT2D eigenvalue weighted by Crippen LogP contribution is -2.54. The molecule has 0 saturated heterocycles. The van der Waals surface area contributed by atoms with E-state index in [4.69, 9.17) is 0 Å². The molecular formula is C27H42O3. The number of aliphatic hydroxyl groups excluding tert-OH is 2. The zero-order valence-corrected chi connectivity index (χ0v) is 19.6. The number of hydrogen-bond donors (Lipinski definition) is 3. The van der Waals surface area contributed by atoms with E-state index in [1.807, 2.05) is 0 Å². The van der Waals surface area contributed by atoms with E-state index >= 15 is 0 Å². The molecule has 4 rings (SSSR count). The van der Waals surface area contributed by atoms with E-state index in [-0.39, 0.29) is 23.0 Å². The van der Waals surface area contributed by atoms with E-state index < -0.39 is 5.60 Å². The SMILES string of the molecule is C[C@H](CC#CC(C)(C)O)[C@H]1CC[C@H]2[C@@H]3[C@H](O)C=C4C[C@@H](O)CC[C@]4(C)[C@H]3CC[C@]12C. The predicted octanol–water partition coefficient (Wildman–Crippen LogP) is 4.70. The molecule has 168 valence electrons. The summed E-state index contributed by atoms with van der Waals surface area (Å²) in [4.78, 5) is 0. The molecule has 0 bridgehead atoms. The minimum Gasteiger partial charge on any atom is -0.393 e. The molecule has 0 radical (unpaired) electrons.